The van der Waals surface area contributed by atoms with E-state index in [1.165, 1.54) is 0 Å². The first kappa shape index (κ1) is 28.7. The van der Waals surface area contributed by atoms with Crippen molar-refractivity contribution in [2.24, 2.45) is 5.41 Å². The molecule has 2 heterocycles. The van der Waals surface area contributed by atoms with Crippen LogP contribution in [0.4, 0.5) is 9.59 Å². The van der Waals surface area contributed by atoms with Gasteiger partial charge in [-0.3, -0.25) is 9.69 Å². The van der Waals surface area contributed by atoms with Crippen LogP contribution >= 0.6 is 0 Å². The van der Waals surface area contributed by atoms with Gasteiger partial charge in [-0.15, -0.1) is 0 Å². The zero-order valence-corrected chi connectivity index (χ0v) is 22.7. The lowest BCUT2D eigenvalue weighted by molar-refractivity contribution is -0.135. The van der Waals surface area contributed by atoms with E-state index in [-0.39, 0.29) is 18.5 Å². The molecular weight excluding hydrogens is 476 g/mol. The van der Waals surface area contributed by atoms with Crippen molar-refractivity contribution in [2.45, 2.75) is 65.2 Å². The molecule has 10 nitrogen and oxygen atoms in total. The summed E-state index contributed by atoms with van der Waals surface area (Å²) in [6.45, 7) is 13.5. The Morgan fingerprint density at radius 1 is 1.00 bits per heavy atom. The van der Waals surface area contributed by atoms with Crippen LogP contribution in [-0.4, -0.2) is 101 Å². The number of carbonyl (C=O) groups is 3. The van der Waals surface area contributed by atoms with Crippen LogP contribution < -0.4 is 10.1 Å². The van der Waals surface area contributed by atoms with Crippen LogP contribution in [0.1, 0.15) is 47.5 Å². The average molecular weight is 519 g/mol. The van der Waals surface area contributed by atoms with E-state index in [0.29, 0.717) is 57.9 Å². The Hall–Kier alpha value is -2.85. The van der Waals surface area contributed by atoms with Gasteiger partial charge in [0.15, 0.2) is 0 Å². The van der Waals surface area contributed by atoms with Gasteiger partial charge in [-0.1, -0.05) is 32.0 Å². The number of hydrogen-bond donors (Lipinski definition) is 2. The summed E-state index contributed by atoms with van der Waals surface area (Å²) in [5.41, 5.74) is -1.12. The topological polar surface area (TPSA) is 112 Å². The van der Waals surface area contributed by atoms with Gasteiger partial charge in [-0.2, -0.15) is 0 Å². The van der Waals surface area contributed by atoms with E-state index in [4.69, 9.17) is 9.47 Å². The number of piperazine rings is 1. The lowest BCUT2D eigenvalue weighted by atomic mass is 9.80. The molecule has 3 amide bonds. The highest BCUT2D eigenvalue weighted by molar-refractivity contribution is 5.87. The summed E-state index contributed by atoms with van der Waals surface area (Å²) in [4.78, 5) is 44.2. The standard InChI is InChI=1S/C27H42N4O6/c1-26(2,3)37-25(35)30-17-15-29(16-18-30)14-12-27(4,5)22(23(33)31-13-11-20(32)19-31)28-24(34)36-21-9-7-6-8-10-21/h6-10,20,22,32H,11-19H2,1-5H3,(H,28,34). The van der Waals surface area contributed by atoms with Crippen molar-refractivity contribution in [2.75, 3.05) is 45.8 Å². The molecule has 2 saturated heterocycles. The second-order valence-electron chi connectivity index (χ2n) is 11.6. The molecule has 37 heavy (non-hydrogen) atoms. The van der Waals surface area contributed by atoms with Gasteiger partial charge >= 0.3 is 12.2 Å². The third-order valence-corrected chi connectivity index (χ3v) is 6.82. The lowest BCUT2D eigenvalue weighted by Crippen LogP contribution is -2.57. The Labute approximate surface area is 219 Å². The Morgan fingerprint density at radius 2 is 1.65 bits per heavy atom. The van der Waals surface area contributed by atoms with Gasteiger partial charge in [-0.25, -0.2) is 9.59 Å². The maximum atomic E-state index is 13.5. The van der Waals surface area contributed by atoms with Crippen molar-refractivity contribution in [3.05, 3.63) is 30.3 Å². The van der Waals surface area contributed by atoms with E-state index >= 15 is 0 Å². The fraction of sp³-hybridized carbons (Fsp3) is 0.667. The van der Waals surface area contributed by atoms with Gasteiger partial charge in [0, 0.05) is 39.3 Å². The highest BCUT2D eigenvalue weighted by atomic mass is 16.6. The van der Waals surface area contributed by atoms with Gasteiger partial charge in [0.1, 0.15) is 17.4 Å². The molecule has 1 aromatic carbocycles. The first-order chi connectivity index (χ1) is 17.3. The van der Waals surface area contributed by atoms with Gasteiger partial charge in [0.25, 0.3) is 0 Å². The predicted octanol–water partition coefficient (Wildman–Crippen LogP) is 2.71. The molecule has 2 aliphatic rings. The van der Waals surface area contributed by atoms with Crippen LogP contribution in [0, 0.1) is 5.41 Å². The number of β-amino-alcohol motifs (C(OH)–C–C–N with tert-alkyl or cyclic N) is 1. The van der Waals surface area contributed by atoms with Gasteiger partial charge in [0.2, 0.25) is 5.91 Å². The first-order valence-electron chi connectivity index (χ1n) is 13.0. The summed E-state index contributed by atoms with van der Waals surface area (Å²) in [6, 6.07) is 7.89. The summed E-state index contributed by atoms with van der Waals surface area (Å²) >= 11 is 0. The van der Waals surface area contributed by atoms with E-state index in [9.17, 15) is 19.5 Å². The fourth-order valence-corrected chi connectivity index (χ4v) is 4.53. The number of carbonyl (C=O) groups excluding carboxylic acids is 3. The van der Waals surface area contributed by atoms with E-state index in [2.05, 4.69) is 10.2 Å². The molecule has 0 aliphatic carbocycles. The highest BCUT2D eigenvalue weighted by Crippen LogP contribution is 2.29. The zero-order valence-electron chi connectivity index (χ0n) is 22.7. The number of aliphatic hydroxyl groups is 1. The van der Waals surface area contributed by atoms with Gasteiger partial charge in [0.05, 0.1) is 6.10 Å². The molecule has 206 valence electrons. The molecule has 0 bridgehead atoms. The maximum absolute atomic E-state index is 13.5. The van der Waals surface area contributed by atoms with Crippen LogP contribution in [0.15, 0.2) is 30.3 Å². The maximum Gasteiger partial charge on any atom is 0.413 e. The first-order valence-corrected chi connectivity index (χ1v) is 13.0. The molecule has 10 heteroatoms. The molecule has 2 fully saturated rings. The second-order valence-corrected chi connectivity index (χ2v) is 11.6. The van der Waals surface area contributed by atoms with Crippen molar-refractivity contribution in [3.8, 4) is 5.75 Å². The minimum absolute atomic E-state index is 0.221. The number of ether oxygens (including phenoxy) is 2. The van der Waals surface area contributed by atoms with Crippen molar-refractivity contribution in [1.29, 1.82) is 0 Å². The van der Waals surface area contributed by atoms with E-state index < -0.39 is 29.3 Å². The molecule has 0 radical (unpaired) electrons. The number of aliphatic hydroxyl groups excluding tert-OH is 1. The van der Waals surface area contributed by atoms with Crippen LogP contribution in [0.25, 0.3) is 0 Å². The van der Waals surface area contributed by atoms with Crippen molar-refractivity contribution >= 4 is 18.1 Å². The Balaban J connectivity index is 1.60. The lowest BCUT2D eigenvalue weighted by Gasteiger charge is -2.39. The van der Waals surface area contributed by atoms with Crippen LogP contribution in [0.2, 0.25) is 0 Å². The quantitative estimate of drug-likeness (QED) is 0.571. The highest BCUT2D eigenvalue weighted by Gasteiger charge is 2.41. The Bertz CT molecular complexity index is 925. The van der Waals surface area contributed by atoms with E-state index in [1.807, 2.05) is 40.7 Å². The third-order valence-electron chi connectivity index (χ3n) is 6.82. The molecule has 2 unspecified atom stereocenters. The Kier molecular flexibility index (Phi) is 9.41. The van der Waals surface area contributed by atoms with E-state index in [1.54, 1.807) is 34.1 Å². The van der Waals surface area contributed by atoms with Crippen molar-refractivity contribution < 1.29 is 29.0 Å². The molecule has 0 saturated carbocycles. The summed E-state index contributed by atoms with van der Waals surface area (Å²) in [5, 5.41) is 12.8. The summed E-state index contributed by atoms with van der Waals surface area (Å²) in [6.07, 6.45) is -0.381. The van der Waals surface area contributed by atoms with Crippen LogP contribution in [0.5, 0.6) is 5.75 Å². The predicted molar refractivity (Wildman–Crippen MR) is 139 cm³/mol. The molecule has 1 aromatic rings. The molecule has 3 rings (SSSR count). The number of rotatable bonds is 7. The molecule has 0 aromatic heterocycles. The summed E-state index contributed by atoms with van der Waals surface area (Å²) < 4.78 is 10.9. The van der Waals surface area contributed by atoms with Crippen LogP contribution in [-0.2, 0) is 9.53 Å². The second kappa shape index (κ2) is 12.1. The minimum Gasteiger partial charge on any atom is -0.444 e. The number of benzene rings is 1. The SMILES string of the molecule is CC(C)(C)OC(=O)N1CCN(CCC(C)(C)C(NC(=O)Oc2ccccc2)C(=O)N2CCC(O)C2)CC1. The fourth-order valence-electron chi connectivity index (χ4n) is 4.53. The number of hydrogen-bond acceptors (Lipinski definition) is 7. The minimum atomic E-state index is -0.822. The number of nitrogens with zero attached hydrogens (tertiary/aromatic N) is 3. The Morgan fingerprint density at radius 3 is 2.22 bits per heavy atom. The van der Waals surface area contributed by atoms with Gasteiger partial charge < -0.3 is 29.7 Å². The average Bonchev–Trinajstić information content (AvgIpc) is 3.27. The number of nitrogens with one attached hydrogen (secondary N) is 1. The normalized spacial score (nSPS) is 19.9. The van der Waals surface area contributed by atoms with Crippen molar-refractivity contribution in [1.82, 2.24) is 20.0 Å². The largest absolute Gasteiger partial charge is 0.444 e. The summed E-state index contributed by atoms with van der Waals surface area (Å²) in [7, 11) is 0. The molecule has 2 N–H and O–H groups in total. The summed E-state index contributed by atoms with van der Waals surface area (Å²) in [5.74, 6) is 0.171. The van der Waals surface area contributed by atoms with Crippen LogP contribution in [0.3, 0.4) is 0 Å². The smallest absolute Gasteiger partial charge is 0.413 e. The molecular formula is C27H42N4O6. The van der Waals surface area contributed by atoms with Gasteiger partial charge in [-0.05, 0) is 57.7 Å². The number of amides is 3. The molecule has 0 spiro atoms. The van der Waals surface area contributed by atoms with E-state index in [0.717, 1.165) is 0 Å². The number of para-hydroxylation sites is 1. The number of likely N-dealkylation sites (tertiary alicyclic amines) is 1. The molecule has 2 aliphatic heterocycles. The third kappa shape index (κ3) is 8.60. The zero-order chi connectivity index (χ0) is 27.2. The van der Waals surface area contributed by atoms with Crippen molar-refractivity contribution in [3.63, 3.8) is 0 Å². The molecule has 2 atom stereocenters. The monoisotopic (exact) mass is 518 g/mol.